The van der Waals surface area contributed by atoms with Crippen LogP contribution in [0.2, 0.25) is 0 Å². The smallest absolute Gasteiger partial charge is 0.129 e. The summed E-state index contributed by atoms with van der Waals surface area (Å²) in [6, 6.07) is 8.04. The van der Waals surface area contributed by atoms with Crippen LogP contribution < -0.4 is 4.74 Å². The first-order chi connectivity index (χ1) is 8.83. The van der Waals surface area contributed by atoms with Crippen molar-refractivity contribution in [3.05, 3.63) is 29.3 Å². The van der Waals surface area contributed by atoms with Crippen LogP contribution >= 0.6 is 0 Å². The van der Waals surface area contributed by atoms with Gasteiger partial charge in [0.05, 0.1) is 11.5 Å². The highest BCUT2D eigenvalue weighted by atomic mass is 16.5. The number of benzene rings is 1. The van der Waals surface area contributed by atoms with Crippen molar-refractivity contribution in [2.24, 2.45) is 5.41 Å². The Hall–Kier alpha value is -1.53. The van der Waals surface area contributed by atoms with Crippen molar-refractivity contribution in [2.45, 2.75) is 52.2 Å². The molecule has 2 unspecified atom stereocenters. The van der Waals surface area contributed by atoms with Gasteiger partial charge in [-0.15, -0.1) is 0 Å². The minimum atomic E-state index is -0.827. The number of rotatable bonds is 3. The van der Waals surface area contributed by atoms with Crippen LogP contribution in [-0.4, -0.2) is 10.7 Å². The van der Waals surface area contributed by atoms with Crippen molar-refractivity contribution in [3.8, 4) is 11.8 Å². The van der Waals surface area contributed by atoms with Crippen LogP contribution in [0.3, 0.4) is 0 Å². The van der Waals surface area contributed by atoms with Crippen LogP contribution in [-0.2, 0) is 6.42 Å². The maximum atomic E-state index is 10.6. The number of aliphatic hydroxyl groups excluding tert-OH is 1. The van der Waals surface area contributed by atoms with E-state index in [1.54, 1.807) is 6.92 Å². The molecule has 0 aliphatic carbocycles. The lowest BCUT2D eigenvalue weighted by atomic mass is 9.79. The zero-order chi connectivity index (χ0) is 14.3. The fourth-order valence-corrected chi connectivity index (χ4v) is 2.53. The Labute approximate surface area is 114 Å². The van der Waals surface area contributed by atoms with Gasteiger partial charge in [0.15, 0.2) is 0 Å². The molecule has 1 aliphatic heterocycles. The molecule has 1 aromatic rings. The largest absolute Gasteiger partial charge is 0.487 e. The van der Waals surface area contributed by atoms with Crippen LogP contribution in [0.1, 0.15) is 51.3 Å². The molecule has 0 saturated carbocycles. The first kappa shape index (κ1) is 13.9. The number of hydrogen-bond acceptors (Lipinski definition) is 3. The van der Waals surface area contributed by atoms with Crippen molar-refractivity contribution in [1.29, 1.82) is 5.26 Å². The lowest BCUT2D eigenvalue weighted by Gasteiger charge is -2.28. The maximum Gasteiger partial charge on any atom is 0.129 e. The molecule has 2 atom stereocenters. The second-order valence-electron chi connectivity index (χ2n) is 6.16. The van der Waals surface area contributed by atoms with Gasteiger partial charge in [0.1, 0.15) is 17.5 Å². The fourth-order valence-electron chi connectivity index (χ4n) is 2.53. The first-order valence-corrected chi connectivity index (χ1v) is 6.73. The van der Waals surface area contributed by atoms with Crippen molar-refractivity contribution in [1.82, 2.24) is 0 Å². The lowest BCUT2D eigenvalue weighted by molar-refractivity contribution is 0.0647. The van der Waals surface area contributed by atoms with Gasteiger partial charge < -0.3 is 9.84 Å². The highest BCUT2D eigenvalue weighted by Crippen LogP contribution is 2.45. The van der Waals surface area contributed by atoms with Gasteiger partial charge in [-0.1, -0.05) is 25.1 Å². The highest BCUT2D eigenvalue weighted by molar-refractivity contribution is 5.47. The molecule has 1 heterocycles. The van der Waals surface area contributed by atoms with E-state index in [0.29, 0.717) is 6.42 Å². The first-order valence-electron chi connectivity index (χ1n) is 6.73. The molecule has 1 aromatic carbocycles. The summed E-state index contributed by atoms with van der Waals surface area (Å²) in [6.07, 6.45) is 0.599. The quantitative estimate of drug-likeness (QED) is 0.905. The molecule has 3 nitrogen and oxygen atoms in total. The van der Waals surface area contributed by atoms with E-state index < -0.39 is 11.5 Å². The van der Waals surface area contributed by atoms with Gasteiger partial charge in [0.25, 0.3) is 0 Å². The molecule has 102 valence electrons. The lowest BCUT2D eigenvalue weighted by Crippen LogP contribution is -2.26. The van der Waals surface area contributed by atoms with Gasteiger partial charge in [0, 0.05) is 12.0 Å². The maximum absolute atomic E-state index is 10.6. The zero-order valence-corrected chi connectivity index (χ0v) is 12.0. The van der Waals surface area contributed by atoms with Crippen LogP contribution in [0.5, 0.6) is 5.75 Å². The second kappa shape index (κ2) is 4.54. The van der Waals surface area contributed by atoms with E-state index in [-0.39, 0.29) is 5.60 Å². The summed E-state index contributed by atoms with van der Waals surface area (Å²) in [7, 11) is 0. The average Bonchev–Trinajstić information content (AvgIpc) is 2.70. The van der Waals surface area contributed by atoms with Crippen LogP contribution in [0.15, 0.2) is 18.2 Å². The normalized spacial score (nSPS) is 20.8. The predicted octanol–water partition coefficient (Wildman–Crippen LogP) is 3.37. The molecule has 0 aromatic heterocycles. The Morgan fingerprint density at radius 1 is 1.53 bits per heavy atom. The SMILES string of the molecule is CCC(C)(C#N)C(O)c1cccc2c1OC(C)(C)C2. The van der Waals surface area contributed by atoms with E-state index in [9.17, 15) is 10.4 Å². The molecular formula is C16H21NO2. The summed E-state index contributed by atoms with van der Waals surface area (Å²) in [5, 5.41) is 19.9. The molecule has 2 rings (SSSR count). The van der Waals surface area contributed by atoms with Crippen molar-refractivity contribution >= 4 is 0 Å². The number of nitriles is 1. The molecule has 3 heteroatoms. The summed E-state index contributed by atoms with van der Waals surface area (Å²) < 4.78 is 5.96. The van der Waals surface area contributed by atoms with Gasteiger partial charge in [-0.05, 0) is 32.8 Å². The Morgan fingerprint density at radius 3 is 2.79 bits per heavy atom. The predicted molar refractivity (Wildman–Crippen MR) is 73.8 cm³/mol. The van der Waals surface area contributed by atoms with E-state index in [1.165, 1.54) is 0 Å². The minimum Gasteiger partial charge on any atom is -0.487 e. The molecular weight excluding hydrogens is 238 g/mol. The Bertz CT molecular complexity index is 530. The number of hydrogen-bond donors (Lipinski definition) is 1. The fraction of sp³-hybridized carbons (Fsp3) is 0.562. The third-order valence-electron chi connectivity index (χ3n) is 4.01. The molecule has 0 amide bonds. The Kier molecular flexibility index (Phi) is 3.32. The van der Waals surface area contributed by atoms with Crippen LogP contribution in [0.25, 0.3) is 0 Å². The summed E-state index contributed by atoms with van der Waals surface area (Å²) >= 11 is 0. The Balaban J connectivity index is 2.45. The van der Waals surface area contributed by atoms with Gasteiger partial charge in [0.2, 0.25) is 0 Å². The topological polar surface area (TPSA) is 53.2 Å². The number of fused-ring (bicyclic) bond motifs is 1. The van der Waals surface area contributed by atoms with E-state index in [0.717, 1.165) is 23.3 Å². The standard InChI is InChI=1S/C16H21NO2/c1-5-16(4,10-17)14(18)12-8-6-7-11-9-15(2,3)19-13(11)12/h6-8,14,18H,5,9H2,1-4H3. The molecule has 0 fully saturated rings. The van der Waals surface area contributed by atoms with Gasteiger partial charge in [-0.2, -0.15) is 5.26 Å². The zero-order valence-electron chi connectivity index (χ0n) is 12.0. The van der Waals surface area contributed by atoms with E-state index >= 15 is 0 Å². The molecule has 0 bridgehead atoms. The molecule has 1 N–H and O–H groups in total. The molecule has 0 spiro atoms. The minimum absolute atomic E-state index is 0.243. The summed E-state index contributed by atoms with van der Waals surface area (Å²) in [4.78, 5) is 0. The monoisotopic (exact) mass is 259 g/mol. The van der Waals surface area contributed by atoms with Gasteiger partial charge >= 0.3 is 0 Å². The van der Waals surface area contributed by atoms with Crippen molar-refractivity contribution in [2.75, 3.05) is 0 Å². The number of aliphatic hydroxyl groups is 1. The van der Waals surface area contributed by atoms with Gasteiger partial charge in [-0.3, -0.25) is 0 Å². The Morgan fingerprint density at radius 2 is 2.21 bits per heavy atom. The van der Waals surface area contributed by atoms with E-state index in [2.05, 4.69) is 6.07 Å². The number of nitrogens with zero attached hydrogens (tertiary/aromatic N) is 1. The van der Waals surface area contributed by atoms with Crippen LogP contribution in [0.4, 0.5) is 0 Å². The number of ether oxygens (including phenoxy) is 1. The number of para-hydroxylation sites is 1. The molecule has 0 saturated heterocycles. The van der Waals surface area contributed by atoms with Gasteiger partial charge in [-0.25, -0.2) is 0 Å². The summed E-state index contributed by atoms with van der Waals surface area (Å²) in [6.45, 7) is 7.77. The van der Waals surface area contributed by atoms with Crippen LogP contribution in [0, 0.1) is 16.7 Å². The third kappa shape index (κ3) is 2.33. The third-order valence-corrected chi connectivity index (χ3v) is 4.01. The molecule has 19 heavy (non-hydrogen) atoms. The van der Waals surface area contributed by atoms with Crippen molar-refractivity contribution < 1.29 is 9.84 Å². The van der Waals surface area contributed by atoms with Crippen molar-refractivity contribution in [3.63, 3.8) is 0 Å². The molecule has 0 radical (unpaired) electrons. The van der Waals surface area contributed by atoms with E-state index in [4.69, 9.17) is 4.74 Å². The average molecular weight is 259 g/mol. The summed E-state index contributed by atoms with van der Waals surface area (Å²) in [5.41, 5.74) is 0.811. The summed E-state index contributed by atoms with van der Waals surface area (Å²) in [5.74, 6) is 0.759. The molecule has 1 aliphatic rings. The second-order valence-corrected chi connectivity index (χ2v) is 6.16. The van der Waals surface area contributed by atoms with E-state index in [1.807, 2.05) is 39.0 Å². The highest BCUT2D eigenvalue weighted by Gasteiger charge is 2.38.